The van der Waals surface area contributed by atoms with E-state index >= 15 is 0 Å². The van der Waals surface area contributed by atoms with Crippen LogP contribution in [0.3, 0.4) is 0 Å². The summed E-state index contributed by atoms with van der Waals surface area (Å²) in [4.78, 5) is 0. The van der Waals surface area contributed by atoms with Crippen molar-refractivity contribution in [2.24, 2.45) is 5.73 Å². The summed E-state index contributed by atoms with van der Waals surface area (Å²) in [6, 6.07) is 0. The molecule has 0 aliphatic rings. The molecule has 0 fully saturated rings. The third-order valence-electron chi connectivity index (χ3n) is 1.86. The number of benzene rings is 1. The predicted octanol–water partition coefficient (Wildman–Crippen LogP) is -0.284. The van der Waals surface area contributed by atoms with Crippen LogP contribution in [0.25, 0.3) is 0 Å². The van der Waals surface area contributed by atoms with E-state index in [1.807, 2.05) is 0 Å². The topological polar surface area (TPSA) is 127 Å². The fraction of sp³-hybridized carbons (Fsp3) is 0.250. The Bertz CT molecular complexity index is 334. The van der Waals surface area contributed by atoms with Gasteiger partial charge in [-0.05, 0) is 13.0 Å². The van der Waals surface area contributed by atoms with Crippen molar-refractivity contribution in [2.45, 2.75) is 6.42 Å². The Morgan fingerprint density at radius 2 is 1.07 bits per heavy atom. The predicted molar refractivity (Wildman–Crippen MR) is 47.5 cm³/mol. The van der Waals surface area contributed by atoms with Gasteiger partial charge in [-0.15, -0.1) is 0 Å². The van der Waals surface area contributed by atoms with E-state index in [0.29, 0.717) is 0 Å². The van der Waals surface area contributed by atoms with Gasteiger partial charge in [0.2, 0.25) is 17.2 Å². The minimum absolute atomic E-state index is 0.0685. The largest absolute Gasteiger partial charge is 0.504 e. The number of aromatic hydroxyl groups is 5. The molecule has 0 unspecified atom stereocenters. The molecule has 1 rings (SSSR count). The third kappa shape index (κ3) is 1.35. The average Bonchev–Trinajstić information content (AvgIpc) is 2.19. The summed E-state index contributed by atoms with van der Waals surface area (Å²) in [6.07, 6.45) is 0.0685. The Labute approximate surface area is 79.5 Å². The van der Waals surface area contributed by atoms with Gasteiger partial charge in [0.1, 0.15) is 0 Å². The fourth-order valence-corrected chi connectivity index (χ4v) is 1.12. The molecule has 6 heteroatoms. The molecule has 7 N–H and O–H groups in total. The van der Waals surface area contributed by atoms with Crippen LogP contribution in [-0.4, -0.2) is 32.1 Å². The molecule has 0 aliphatic carbocycles. The zero-order valence-electron chi connectivity index (χ0n) is 7.23. The number of phenolic OH excluding ortho intramolecular Hbond substituents is 5. The van der Waals surface area contributed by atoms with E-state index in [2.05, 4.69) is 0 Å². The summed E-state index contributed by atoms with van der Waals surface area (Å²) >= 11 is 0. The van der Waals surface area contributed by atoms with Crippen molar-refractivity contribution in [3.05, 3.63) is 5.56 Å². The van der Waals surface area contributed by atoms with Gasteiger partial charge < -0.3 is 31.3 Å². The molecule has 1 aromatic rings. The molecule has 0 spiro atoms. The highest BCUT2D eigenvalue weighted by atomic mass is 16.4. The molecule has 0 atom stereocenters. The first-order valence-electron chi connectivity index (χ1n) is 3.88. The van der Waals surface area contributed by atoms with Crippen LogP contribution >= 0.6 is 0 Å². The van der Waals surface area contributed by atoms with Gasteiger partial charge in [0.25, 0.3) is 0 Å². The van der Waals surface area contributed by atoms with E-state index in [0.717, 1.165) is 0 Å². The van der Waals surface area contributed by atoms with Crippen molar-refractivity contribution in [1.82, 2.24) is 0 Å². The van der Waals surface area contributed by atoms with E-state index in [9.17, 15) is 10.2 Å². The maximum Gasteiger partial charge on any atom is 0.208 e. The zero-order chi connectivity index (χ0) is 10.9. The van der Waals surface area contributed by atoms with Gasteiger partial charge in [-0.3, -0.25) is 0 Å². The first kappa shape index (κ1) is 10.3. The van der Waals surface area contributed by atoms with E-state index in [4.69, 9.17) is 21.1 Å². The molecule has 0 radical (unpaired) electrons. The summed E-state index contributed by atoms with van der Waals surface area (Å²) < 4.78 is 0. The summed E-state index contributed by atoms with van der Waals surface area (Å²) in [5.74, 6) is -4.06. The molecule has 0 amide bonds. The summed E-state index contributed by atoms with van der Waals surface area (Å²) in [5.41, 5.74) is 5.09. The summed E-state index contributed by atoms with van der Waals surface area (Å²) in [7, 11) is 0. The number of phenols is 5. The van der Waals surface area contributed by atoms with Crippen molar-refractivity contribution in [2.75, 3.05) is 6.54 Å². The molecule has 0 saturated heterocycles. The van der Waals surface area contributed by atoms with Gasteiger partial charge in [0.15, 0.2) is 11.5 Å². The van der Waals surface area contributed by atoms with E-state index in [1.165, 1.54) is 0 Å². The van der Waals surface area contributed by atoms with Crippen LogP contribution in [0, 0.1) is 0 Å². The van der Waals surface area contributed by atoms with Crippen LogP contribution < -0.4 is 5.73 Å². The highest BCUT2D eigenvalue weighted by Gasteiger charge is 2.22. The minimum Gasteiger partial charge on any atom is -0.504 e. The molecule has 78 valence electrons. The van der Waals surface area contributed by atoms with Crippen LogP contribution in [0.2, 0.25) is 0 Å². The van der Waals surface area contributed by atoms with E-state index in [1.54, 1.807) is 0 Å². The van der Waals surface area contributed by atoms with Gasteiger partial charge in [-0.25, -0.2) is 0 Å². The van der Waals surface area contributed by atoms with Gasteiger partial charge >= 0.3 is 0 Å². The van der Waals surface area contributed by atoms with Crippen LogP contribution in [0.5, 0.6) is 28.7 Å². The van der Waals surface area contributed by atoms with Crippen molar-refractivity contribution >= 4 is 0 Å². The number of hydrogen-bond acceptors (Lipinski definition) is 6. The Kier molecular flexibility index (Phi) is 2.57. The average molecular weight is 201 g/mol. The third-order valence-corrected chi connectivity index (χ3v) is 1.86. The Balaban J connectivity index is 3.43. The molecule has 1 aromatic carbocycles. The fourth-order valence-electron chi connectivity index (χ4n) is 1.12. The first-order valence-corrected chi connectivity index (χ1v) is 3.88. The summed E-state index contributed by atoms with van der Waals surface area (Å²) in [6.45, 7) is 0.116. The van der Waals surface area contributed by atoms with Gasteiger partial charge in [0, 0.05) is 5.56 Å². The molecule has 0 aromatic heterocycles. The van der Waals surface area contributed by atoms with Crippen molar-refractivity contribution in [3.8, 4) is 28.7 Å². The summed E-state index contributed by atoms with van der Waals surface area (Å²) in [5, 5.41) is 45.8. The number of nitrogens with two attached hydrogens (primary N) is 1. The minimum atomic E-state index is -0.958. The highest BCUT2D eigenvalue weighted by molar-refractivity contribution is 5.67. The van der Waals surface area contributed by atoms with Crippen molar-refractivity contribution < 1.29 is 25.5 Å². The molecular weight excluding hydrogens is 190 g/mol. The van der Waals surface area contributed by atoms with Crippen molar-refractivity contribution in [3.63, 3.8) is 0 Å². The zero-order valence-corrected chi connectivity index (χ0v) is 7.23. The highest BCUT2D eigenvalue weighted by Crippen LogP contribution is 2.50. The lowest BCUT2D eigenvalue weighted by Gasteiger charge is -2.11. The smallest absolute Gasteiger partial charge is 0.208 e. The standard InChI is InChI=1S/C8H11NO5/c9-2-1-3-4(10)6(12)8(14)7(13)5(3)11/h10-14H,1-2,9H2. The molecule has 0 heterocycles. The number of rotatable bonds is 2. The van der Waals surface area contributed by atoms with Crippen molar-refractivity contribution in [1.29, 1.82) is 0 Å². The van der Waals surface area contributed by atoms with Crippen LogP contribution in [-0.2, 0) is 6.42 Å². The SMILES string of the molecule is NCCc1c(O)c(O)c(O)c(O)c1O. The van der Waals surface area contributed by atoms with Crippen LogP contribution in [0.1, 0.15) is 5.56 Å². The lowest BCUT2D eigenvalue weighted by molar-refractivity contribution is 0.324. The Hall–Kier alpha value is -1.82. The molecule has 0 aliphatic heterocycles. The molecule has 0 saturated carbocycles. The normalized spacial score (nSPS) is 10.4. The number of hydrogen-bond donors (Lipinski definition) is 6. The quantitative estimate of drug-likeness (QED) is 0.288. The second-order valence-corrected chi connectivity index (χ2v) is 2.76. The Morgan fingerprint density at radius 1 is 0.714 bits per heavy atom. The molecule has 14 heavy (non-hydrogen) atoms. The first-order chi connectivity index (χ1) is 6.50. The maximum atomic E-state index is 9.28. The maximum absolute atomic E-state index is 9.28. The Morgan fingerprint density at radius 3 is 1.43 bits per heavy atom. The van der Waals surface area contributed by atoms with E-state index < -0.39 is 28.7 Å². The van der Waals surface area contributed by atoms with Gasteiger partial charge in [-0.1, -0.05) is 0 Å². The lowest BCUT2D eigenvalue weighted by atomic mass is 10.1. The second-order valence-electron chi connectivity index (χ2n) is 2.76. The van der Waals surface area contributed by atoms with Gasteiger partial charge in [0.05, 0.1) is 0 Å². The lowest BCUT2D eigenvalue weighted by Crippen LogP contribution is -2.03. The molecular formula is C8H11NO5. The van der Waals surface area contributed by atoms with Crippen LogP contribution in [0.15, 0.2) is 0 Å². The monoisotopic (exact) mass is 201 g/mol. The molecule has 6 nitrogen and oxygen atoms in total. The van der Waals surface area contributed by atoms with E-state index in [-0.39, 0.29) is 18.5 Å². The van der Waals surface area contributed by atoms with Gasteiger partial charge in [-0.2, -0.15) is 0 Å². The van der Waals surface area contributed by atoms with Crippen LogP contribution in [0.4, 0.5) is 0 Å². The molecule has 0 bridgehead atoms. The second kappa shape index (κ2) is 3.51.